The molecular weight excluding hydrogens is 621 g/mol. The fourth-order valence-electron chi connectivity index (χ4n) is 5.01. The Kier molecular flexibility index (Phi) is 10.9. The van der Waals surface area contributed by atoms with Crippen molar-refractivity contribution in [3.8, 4) is 0 Å². The highest BCUT2D eigenvalue weighted by molar-refractivity contribution is 7.88. The summed E-state index contributed by atoms with van der Waals surface area (Å²) in [6.07, 6.45) is -0.752. The van der Waals surface area contributed by atoms with Crippen molar-refractivity contribution in [3.05, 3.63) is 59.4 Å². The van der Waals surface area contributed by atoms with E-state index in [9.17, 15) is 27.6 Å². The molecule has 250 valence electrons. The van der Waals surface area contributed by atoms with Gasteiger partial charge in [-0.15, -0.1) is 0 Å². The maximum Gasteiger partial charge on any atom is 0.414 e. The van der Waals surface area contributed by atoms with Crippen LogP contribution in [-0.2, 0) is 30.8 Å². The zero-order chi connectivity index (χ0) is 33.6. The van der Waals surface area contributed by atoms with E-state index in [1.54, 1.807) is 62.1 Å². The summed E-state index contributed by atoms with van der Waals surface area (Å²) in [5, 5.41) is 2.57. The summed E-state index contributed by atoms with van der Waals surface area (Å²) < 4.78 is 50.6. The standard InChI is InChI=1S/C31H40FN5O8S/c1-31(2,3)45-29(40)33-19-24-20-37(30(41)44-24)23-9-10-26(25(32)17-23)35-13-15-36(16-14-35)28(39)12-11-27(38)22-7-5-21(6-8-22)18-34-46(4,42)43/h5-10,17,24,34H,11-16,18-20H2,1-4H3,(H,33,40)/t24-/m0/s1. The third-order valence-corrected chi connectivity index (χ3v) is 8.01. The van der Waals surface area contributed by atoms with Gasteiger partial charge in [-0.1, -0.05) is 24.3 Å². The van der Waals surface area contributed by atoms with Crippen LogP contribution in [0.2, 0.25) is 0 Å². The van der Waals surface area contributed by atoms with Crippen LogP contribution in [0.3, 0.4) is 0 Å². The van der Waals surface area contributed by atoms with E-state index < -0.39 is 39.7 Å². The maximum atomic E-state index is 15.2. The van der Waals surface area contributed by atoms with Crippen LogP contribution in [0.4, 0.5) is 25.4 Å². The molecule has 2 aromatic rings. The van der Waals surface area contributed by atoms with Crippen molar-refractivity contribution in [2.45, 2.75) is 51.9 Å². The summed E-state index contributed by atoms with van der Waals surface area (Å²) in [7, 11) is -3.33. The first-order valence-corrected chi connectivity index (χ1v) is 16.8. The molecule has 0 bridgehead atoms. The van der Waals surface area contributed by atoms with Crippen LogP contribution in [0.25, 0.3) is 0 Å². The number of carbonyl (C=O) groups is 4. The Labute approximate surface area is 268 Å². The fraction of sp³-hybridized carbons (Fsp3) is 0.484. The van der Waals surface area contributed by atoms with E-state index in [0.717, 1.165) is 6.26 Å². The number of ether oxygens (including phenoxy) is 2. The Morgan fingerprint density at radius 1 is 1.02 bits per heavy atom. The number of cyclic esters (lactones) is 1. The van der Waals surface area contributed by atoms with Crippen molar-refractivity contribution in [2.24, 2.45) is 0 Å². The number of halogens is 1. The third-order valence-electron chi connectivity index (χ3n) is 7.34. The summed E-state index contributed by atoms with van der Waals surface area (Å²) in [6, 6.07) is 11.0. The zero-order valence-corrected chi connectivity index (χ0v) is 27.2. The molecule has 0 aromatic heterocycles. The summed E-state index contributed by atoms with van der Waals surface area (Å²) in [4.78, 5) is 54.6. The Balaban J connectivity index is 1.23. The molecule has 2 aliphatic heterocycles. The number of alkyl carbamates (subject to hydrolysis) is 1. The number of carbonyl (C=O) groups excluding carboxylic acids is 4. The molecule has 46 heavy (non-hydrogen) atoms. The van der Waals surface area contributed by atoms with Crippen molar-refractivity contribution in [1.82, 2.24) is 14.9 Å². The minimum atomic E-state index is -3.33. The number of anilines is 2. The number of hydrogen-bond acceptors (Lipinski definition) is 9. The number of Topliss-reactive ketones (excluding diaryl/α,β-unsaturated/α-hetero) is 1. The number of ketones is 1. The highest BCUT2D eigenvalue weighted by Crippen LogP contribution is 2.29. The van der Waals surface area contributed by atoms with Crippen molar-refractivity contribution >= 4 is 45.3 Å². The van der Waals surface area contributed by atoms with E-state index in [-0.39, 0.29) is 44.2 Å². The number of nitrogens with one attached hydrogen (secondary N) is 2. The van der Waals surface area contributed by atoms with Gasteiger partial charge in [-0.2, -0.15) is 0 Å². The number of benzene rings is 2. The number of sulfonamides is 1. The Bertz CT molecular complexity index is 1550. The molecule has 0 unspecified atom stereocenters. The lowest BCUT2D eigenvalue weighted by molar-refractivity contribution is -0.131. The molecule has 2 saturated heterocycles. The maximum absolute atomic E-state index is 15.2. The fourth-order valence-corrected chi connectivity index (χ4v) is 5.44. The van der Waals surface area contributed by atoms with Gasteiger partial charge in [-0.25, -0.2) is 27.1 Å². The van der Waals surface area contributed by atoms with E-state index in [0.29, 0.717) is 48.7 Å². The third kappa shape index (κ3) is 9.88. The van der Waals surface area contributed by atoms with E-state index in [1.807, 2.05) is 4.90 Å². The first-order chi connectivity index (χ1) is 21.6. The van der Waals surface area contributed by atoms with E-state index >= 15 is 4.39 Å². The van der Waals surface area contributed by atoms with Crippen LogP contribution in [0, 0.1) is 5.82 Å². The molecule has 1 atom stereocenters. The summed E-state index contributed by atoms with van der Waals surface area (Å²) >= 11 is 0. The minimum absolute atomic E-state index is 0.0347. The predicted molar refractivity (Wildman–Crippen MR) is 169 cm³/mol. The molecule has 15 heteroatoms. The summed E-state index contributed by atoms with van der Waals surface area (Å²) in [5.41, 5.74) is 1.15. The lowest BCUT2D eigenvalue weighted by Crippen LogP contribution is -2.49. The van der Waals surface area contributed by atoms with Crippen molar-refractivity contribution in [1.29, 1.82) is 0 Å². The van der Waals surface area contributed by atoms with Gasteiger partial charge in [0.05, 0.1) is 30.7 Å². The number of nitrogens with zero attached hydrogens (tertiary/aromatic N) is 3. The van der Waals surface area contributed by atoms with Crippen molar-refractivity contribution in [2.75, 3.05) is 55.3 Å². The predicted octanol–water partition coefficient (Wildman–Crippen LogP) is 3.04. The van der Waals surface area contributed by atoms with E-state index in [4.69, 9.17) is 9.47 Å². The largest absolute Gasteiger partial charge is 0.444 e. The Morgan fingerprint density at radius 3 is 2.30 bits per heavy atom. The van der Waals surface area contributed by atoms with Gasteiger partial charge in [0.2, 0.25) is 15.9 Å². The second kappa shape index (κ2) is 14.5. The van der Waals surface area contributed by atoms with Crippen LogP contribution >= 0.6 is 0 Å². The molecule has 0 saturated carbocycles. The van der Waals surface area contributed by atoms with Gasteiger partial charge in [-0.05, 0) is 44.5 Å². The van der Waals surface area contributed by atoms with Crippen LogP contribution < -0.4 is 19.8 Å². The first kappa shape index (κ1) is 34.6. The van der Waals surface area contributed by atoms with Gasteiger partial charge in [0.25, 0.3) is 0 Å². The lowest BCUT2D eigenvalue weighted by atomic mass is 10.0. The summed E-state index contributed by atoms with van der Waals surface area (Å²) in [6.45, 7) is 7.03. The van der Waals surface area contributed by atoms with Gasteiger partial charge in [0.15, 0.2) is 5.78 Å². The topological polar surface area (TPSA) is 155 Å². The highest BCUT2D eigenvalue weighted by Gasteiger charge is 2.34. The van der Waals surface area contributed by atoms with Crippen LogP contribution in [-0.4, -0.2) is 94.4 Å². The number of hydrogen-bond donors (Lipinski definition) is 2. The van der Waals surface area contributed by atoms with Crippen molar-refractivity contribution < 1.29 is 41.5 Å². The zero-order valence-electron chi connectivity index (χ0n) is 26.4. The molecule has 3 amide bonds. The van der Waals surface area contributed by atoms with Crippen molar-refractivity contribution in [3.63, 3.8) is 0 Å². The van der Waals surface area contributed by atoms with Gasteiger partial charge in [0.1, 0.15) is 17.5 Å². The van der Waals surface area contributed by atoms with Crippen LogP contribution in [0.1, 0.15) is 49.5 Å². The molecule has 2 fully saturated rings. The molecule has 2 aromatic carbocycles. The monoisotopic (exact) mass is 661 g/mol. The van der Waals surface area contributed by atoms with Crippen LogP contribution in [0.15, 0.2) is 42.5 Å². The Morgan fingerprint density at radius 2 is 1.70 bits per heavy atom. The quantitative estimate of drug-likeness (QED) is 0.346. The average Bonchev–Trinajstić information content (AvgIpc) is 3.37. The first-order valence-electron chi connectivity index (χ1n) is 14.9. The SMILES string of the molecule is CC(C)(C)OC(=O)NC[C@H]1CN(c2ccc(N3CCN(C(=O)CCC(=O)c4ccc(CNS(C)(=O)=O)cc4)CC3)c(F)c2)C(=O)O1. The molecule has 13 nitrogen and oxygen atoms in total. The normalized spacial score (nSPS) is 17.1. The molecule has 4 rings (SSSR count). The molecule has 0 spiro atoms. The lowest BCUT2D eigenvalue weighted by Gasteiger charge is -2.36. The average molecular weight is 662 g/mol. The Hall–Kier alpha value is -4.24. The number of amides is 3. The van der Waals surface area contributed by atoms with Crippen LogP contribution in [0.5, 0.6) is 0 Å². The second-order valence-corrected chi connectivity index (χ2v) is 14.0. The minimum Gasteiger partial charge on any atom is -0.444 e. The molecule has 0 radical (unpaired) electrons. The van der Waals surface area contributed by atoms with Gasteiger partial charge in [-0.3, -0.25) is 14.5 Å². The highest BCUT2D eigenvalue weighted by atomic mass is 32.2. The smallest absolute Gasteiger partial charge is 0.414 e. The number of piperazine rings is 1. The van der Waals surface area contributed by atoms with E-state index in [1.165, 1.54) is 11.0 Å². The molecule has 2 heterocycles. The van der Waals surface area contributed by atoms with E-state index in [2.05, 4.69) is 10.0 Å². The van der Waals surface area contributed by atoms with Gasteiger partial charge >= 0.3 is 12.2 Å². The molecular formula is C31H40FN5O8S. The second-order valence-electron chi connectivity index (χ2n) is 12.2. The molecule has 2 aliphatic rings. The summed E-state index contributed by atoms with van der Waals surface area (Å²) in [5.74, 6) is -0.880. The van der Waals surface area contributed by atoms with Gasteiger partial charge < -0.3 is 24.6 Å². The van der Waals surface area contributed by atoms with Gasteiger partial charge in [0, 0.05) is 51.1 Å². The molecule has 2 N–H and O–H groups in total. The molecule has 0 aliphatic carbocycles. The number of rotatable bonds is 11.